The van der Waals surface area contributed by atoms with E-state index in [1.807, 2.05) is 44.2 Å². The minimum Gasteiger partial charge on any atom is -0.497 e. The number of benzene rings is 2. The zero-order valence-corrected chi connectivity index (χ0v) is 17.7. The normalized spacial score (nSPS) is 12.4. The third-order valence-corrected chi connectivity index (χ3v) is 6.21. The Morgan fingerprint density at radius 1 is 1.07 bits per heavy atom. The lowest BCUT2D eigenvalue weighted by molar-refractivity contribution is -0.148. The monoisotopic (exact) mass is 417 g/mol. The summed E-state index contributed by atoms with van der Waals surface area (Å²) in [6.45, 7) is 7.53. The fourth-order valence-electron chi connectivity index (χ4n) is 2.65. The highest BCUT2D eigenvalue weighted by Crippen LogP contribution is 2.21. The number of nitrogens with one attached hydrogen (secondary N) is 1. The van der Waals surface area contributed by atoms with E-state index >= 15 is 0 Å². The topological polar surface area (TPSA) is 81.7 Å². The average molecular weight is 418 g/mol. The summed E-state index contributed by atoms with van der Waals surface area (Å²) in [5.41, 5.74) is 0.884. The largest absolute Gasteiger partial charge is 0.497 e. The van der Waals surface area contributed by atoms with Gasteiger partial charge < -0.3 is 9.47 Å². The molecule has 29 heavy (non-hydrogen) atoms. The van der Waals surface area contributed by atoms with Gasteiger partial charge in [-0.3, -0.25) is 10.1 Å². The van der Waals surface area contributed by atoms with Crippen molar-refractivity contribution in [3.8, 4) is 5.75 Å². The van der Waals surface area contributed by atoms with Crippen molar-refractivity contribution in [1.29, 1.82) is 0 Å². The van der Waals surface area contributed by atoms with E-state index in [-0.39, 0.29) is 28.9 Å². The molecular formula is C22H27NO5S. The highest BCUT2D eigenvalue weighted by Gasteiger charge is 2.26. The number of ether oxygens (including phenoxy) is 2. The molecule has 0 spiro atoms. The van der Waals surface area contributed by atoms with Gasteiger partial charge in [0.15, 0.2) is 0 Å². The smallest absolute Gasteiger partial charge is 0.323 e. The lowest BCUT2D eigenvalue weighted by Crippen LogP contribution is -2.43. The van der Waals surface area contributed by atoms with Gasteiger partial charge in [-0.05, 0) is 35.7 Å². The minimum atomic E-state index is -3.73. The van der Waals surface area contributed by atoms with Crippen LogP contribution in [0.1, 0.15) is 19.4 Å². The summed E-state index contributed by atoms with van der Waals surface area (Å²) in [7, 11) is -2.22. The number of carbonyl (C=O) groups excluding carboxylic acids is 1. The van der Waals surface area contributed by atoms with Crippen LogP contribution in [0.4, 0.5) is 0 Å². The quantitative estimate of drug-likeness (QED) is 0.597. The Kier molecular flexibility index (Phi) is 7.99. The fraction of sp³-hybridized carbons (Fsp3) is 0.318. The van der Waals surface area contributed by atoms with Gasteiger partial charge in [-0.2, -0.15) is 0 Å². The molecule has 2 rings (SSSR count). The molecule has 0 aromatic heterocycles. The van der Waals surface area contributed by atoms with Crippen molar-refractivity contribution in [2.24, 2.45) is 5.92 Å². The summed E-state index contributed by atoms with van der Waals surface area (Å²) in [5.74, 6) is 0.0435. The predicted octanol–water partition coefficient (Wildman–Crippen LogP) is 3.34. The summed E-state index contributed by atoms with van der Waals surface area (Å²) in [4.78, 5) is 12.6. The zero-order chi connectivity index (χ0) is 21.4. The number of hydrogen-bond donors (Lipinski definition) is 1. The SMILES string of the molecule is C=C(CN[C@@H](C(=O)OCc1ccccc1)C(C)C)S(=O)(=O)c1ccc(OC)cc1. The van der Waals surface area contributed by atoms with Crippen molar-refractivity contribution in [1.82, 2.24) is 5.32 Å². The number of sulfone groups is 1. The molecule has 0 radical (unpaired) electrons. The highest BCUT2D eigenvalue weighted by atomic mass is 32.2. The molecule has 1 N–H and O–H groups in total. The minimum absolute atomic E-state index is 0.0239. The average Bonchev–Trinajstić information content (AvgIpc) is 2.72. The van der Waals surface area contributed by atoms with Crippen LogP contribution in [0.25, 0.3) is 0 Å². The molecule has 0 saturated carbocycles. The standard InChI is InChI=1S/C22H27NO5S/c1-16(2)21(22(24)28-15-18-8-6-5-7-9-18)23-14-17(3)29(25,26)20-12-10-19(27-4)11-13-20/h5-13,16,21,23H,3,14-15H2,1-2,4H3/t21-/m1/s1. The third kappa shape index (κ3) is 6.17. The van der Waals surface area contributed by atoms with Crippen molar-refractivity contribution >= 4 is 15.8 Å². The molecule has 1 atom stereocenters. The van der Waals surface area contributed by atoms with Gasteiger partial charge >= 0.3 is 5.97 Å². The lowest BCUT2D eigenvalue weighted by Gasteiger charge is -2.21. The Morgan fingerprint density at radius 3 is 2.24 bits per heavy atom. The Morgan fingerprint density at radius 2 is 1.69 bits per heavy atom. The van der Waals surface area contributed by atoms with Crippen molar-refractivity contribution in [2.45, 2.75) is 31.4 Å². The van der Waals surface area contributed by atoms with Crippen LogP contribution < -0.4 is 10.1 Å². The zero-order valence-electron chi connectivity index (χ0n) is 16.9. The van der Waals surface area contributed by atoms with Crippen molar-refractivity contribution in [3.63, 3.8) is 0 Å². The molecular weight excluding hydrogens is 390 g/mol. The molecule has 0 unspecified atom stereocenters. The summed E-state index contributed by atoms with van der Waals surface area (Å²) in [6, 6.07) is 14.8. The van der Waals surface area contributed by atoms with Crippen LogP contribution in [-0.4, -0.2) is 34.1 Å². The van der Waals surface area contributed by atoms with Crippen LogP contribution in [0.3, 0.4) is 0 Å². The van der Waals surface area contributed by atoms with Crippen LogP contribution >= 0.6 is 0 Å². The summed E-state index contributed by atoms with van der Waals surface area (Å²) < 4.78 is 35.8. The second-order valence-corrected chi connectivity index (χ2v) is 8.97. The molecule has 0 amide bonds. The first-order chi connectivity index (χ1) is 13.8. The number of esters is 1. The van der Waals surface area contributed by atoms with Crippen molar-refractivity contribution < 1.29 is 22.7 Å². The van der Waals surface area contributed by atoms with Gasteiger partial charge in [-0.15, -0.1) is 0 Å². The van der Waals surface area contributed by atoms with E-state index < -0.39 is 21.8 Å². The number of rotatable bonds is 10. The van der Waals surface area contributed by atoms with E-state index in [0.29, 0.717) is 5.75 Å². The first-order valence-corrected chi connectivity index (χ1v) is 10.7. The number of carbonyl (C=O) groups is 1. The predicted molar refractivity (Wildman–Crippen MR) is 112 cm³/mol. The molecule has 6 nitrogen and oxygen atoms in total. The molecule has 0 bridgehead atoms. The second-order valence-electron chi connectivity index (χ2n) is 6.91. The van der Waals surface area contributed by atoms with Crippen LogP contribution in [0, 0.1) is 5.92 Å². The van der Waals surface area contributed by atoms with E-state index in [0.717, 1.165) is 5.56 Å². The maximum atomic E-state index is 12.7. The van der Waals surface area contributed by atoms with Gasteiger partial charge in [0.25, 0.3) is 0 Å². The van der Waals surface area contributed by atoms with E-state index in [1.165, 1.54) is 19.2 Å². The van der Waals surface area contributed by atoms with E-state index in [4.69, 9.17) is 9.47 Å². The molecule has 0 aliphatic carbocycles. The highest BCUT2D eigenvalue weighted by molar-refractivity contribution is 7.95. The van der Waals surface area contributed by atoms with Gasteiger partial charge in [0.05, 0.1) is 16.9 Å². The maximum absolute atomic E-state index is 12.7. The van der Waals surface area contributed by atoms with Crippen molar-refractivity contribution in [2.75, 3.05) is 13.7 Å². The first-order valence-electron chi connectivity index (χ1n) is 9.26. The molecule has 2 aromatic carbocycles. The van der Waals surface area contributed by atoms with Crippen LogP contribution in [0.15, 0.2) is 71.0 Å². The third-order valence-electron chi connectivity index (χ3n) is 4.41. The van der Waals surface area contributed by atoms with Crippen LogP contribution in [-0.2, 0) is 26.0 Å². The summed E-state index contributed by atoms with van der Waals surface area (Å²) in [6.07, 6.45) is 0. The Labute approximate surface area is 172 Å². The molecule has 0 aliphatic rings. The first kappa shape index (κ1) is 22.6. The second kappa shape index (κ2) is 10.2. The molecule has 156 valence electrons. The van der Waals surface area contributed by atoms with E-state index in [1.54, 1.807) is 12.1 Å². The van der Waals surface area contributed by atoms with Gasteiger partial charge in [0, 0.05) is 6.54 Å². The summed E-state index contributed by atoms with van der Waals surface area (Å²) >= 11 is 0. The van der Waals surface area contributed by atoms with Crippen LogP contribution in [0.2, 0.25) is 0 Å². The molecule has 2 aromatic rings. The lowest BCUT2D eigenvalue weighted by atomic mass is 10.0. The molecule has 0 fully saturated rings. The van der Waals surface area contributed by atoms with Gasteiger partial charge in [0.1, 0.15) is 18.4 Å². The van der Waals surface area contributed by atoms with E-state index in [2.05, 4.69) is 11.9 Å². The Balaban J connectivity index is 1.99. The molecule has 0 aliphatic heterocycles. The van der Waals surface area contributed by atoms with E-state index in [9.17, 15) is 13.2 Å². The molecule has 0 saturated heterocycles. The maximum Gasteiger partial charge on any atom is 0.323 e. The Bertz CT molecular complexity index is 921. The number of methoxy groups -OCH3 is 1. The van der Waals surface area contributed by atoms with Gasteiger partial charge in [0.2, 0.25) is 9.84 Å². The van der Waals surface area contributed by atoms with Crippen LogP contribution in [0.5, 0.6) is 5.75 Å². The molecule has 0 heterocycles. The van der Waals surface area contributed by atoms with Gasteiger partial charge in [-0.25, -0.2) is 8.42 Å². The van der Waals surface area contributed by atoms with Gasteiger partial charge in [-0.1, -0.05) is 50.8 Å². The van der Waals surface area contributed by atoms with Crippen molar-refractivity contribution in [3.05, 3.63) is 71.6 Å². The fourth-order valence-corrected chi connectivity index (χ4v) is 3.75. The number of hydrogen-bond acceptors (Lipinski definition) is 6. The Hall–Kier alpha value is -2.64. The molecule has 7 heteroatoms. The summed E-state index contributed by atoms with van der Waals surface area (Å²) in [5, 5.41) is 2.98.